The van der Waals surface area contributed by atoms with E-state index in [9.17, 15) is 0 Å². The molecular formula is C8H13N3O. The number of allylic oxidation sites excluding steroid dienone is 1. The average Bonchev–Trinajstić information content (AvgIpc) is 2.87. The number of nitrogens with zero attached hydrogens (tertiary/aromatic N) is 2. The molecule has 0 aromatic rings. The minimum absolute atomic E-state index is 0.623. The standard InChI is InChI=1S/C8H13N3O/c9-3-8(6-11-12)5-10-4-7-1-2-7/h3,5-7,12H,1-2,4,9H2/b8-3?,10-5?,11-6+. The highest BCUT2D eigenvalue weighted by atomic mass is 16.4. The summed E-state index contributed by atoms with van der Waals surface area (Å²) < 4.78 is 0. The average molecular weight is 167 g/mol. The van der Waals surface area contributed by atoms with Gasteiger partial charge in [0.25, 0.3) is 0 Å². The number of nitrogens with two attached hydrogens (primary N) is 1. The first-order chi connectivity index (χ1) is 5.86. The Bertz CT molecular complexity index is 216. The smallest absolute Gasteiger partial charge is 0.0763 e. The Morgan fingerprint density at radius 1 is 1.50 bits per heavy atom. The zero-order valence-electron chi connectivity index (χ0n) is 6.85. The Balaban J connectivity index is 2.29. The van der Waals surface area contributed by atoms with E-state index in [1.54, 1.807) is 6.21 Å². The van der Waals surface area contributed by atoms with Crippen molar-refractivity contribution in [3.05, 3.63) is 11.8 Å². The van der Waals surface area contributed by atoms with Crippen molar-refractivity contribution < 1.29 is 5.21 Å². The number of oxime groups is 1. The molecule has 0 bridgehead atoms. The fraction of sp³-hybridized carbons (Fsp3) is 0.500. The zero-order chi connectivity index (χ0) is 8.81. The van der Waals surface area contributed by atoms with Crippen molar-refractivity contribution in [1.82, 2.24) is 0 Å². The summed E-state index contributed by atoms with van der Waals surface area (Å²) in [7, 11) is 0. The lowest BCUT2D eigenvalue weighted by molar-refractivity contribution is 0.322. The molecule has 0 aromatic heterocycles. The van der Waals surface area contributed by atoms with E-state index in [2.05, 4.69) is 10.1 Å². The van der Waals surface area contributed by atoms with Gasteiger partial charge in [-0.05, 0) is 18.8 Å². The van der Waals surface area contributed by atoms with Crippen LogP contribution < -0.4 is 5.73 Å². The van der Waals surface area contributed by atoms with Gasteiger partial charge in [-0.2, -0.15) is 0 Å². The van der Waals surface area contributed by atoms with Gasteiger partial charge in [-0.25, -0.2) is 0 Å². The van der Waals surface area contributed by atoms with Crippen LogP contribution in [0.3, 0.4) is 0 Å². The fourth-order valence-electron chi connectivity index (χ4n) is 0.794. The molecule has 0 aliphatic heterocycles. The molecule has 0 unspecified atom stereocenters. The lowest BCUT2D eigenvalue weighted by Gasteiger charge is -1.89. The van der Waals surface area contributed by atoms with Crippen LogP contribution >= 0.6 is 0 Å². The number of hydrogen-bond acceptors (Lipinski definition) is 4. The van der Waals surface area contributed by atoms with E-state index in [1.165, 1.54) is 25.3 Å². The summed E-state index contributed by atoms with van der Waals surface area (Å²) in [5, 5.41) is 11.1. The van der Waals surface area contributed by atoms with Crippen molar-refractivity contribution in [2.75, 3.05) is 6.54 Å². The summed E-state index contributed by atoms with van der Waals surface area (Å²) >= 11 is 0. The fourth-order valence-corrected chi connectivity index (χ4v) is 0.794. The molecule has 0 aromatic carbocycles. The predicted molar refractivity (Wildman–Crippen MR) is 48.6 cm³/mol. The SMILES string of the molecule is NC=C(C=NCC1CC1)/C=N/O. The molecule has 0 heterocycles. The quantitative estimate of drug-likeness (QED) is 0.369. The van der Waals surface area contributed by atoms with Gasteiger partial charge in [-0.15, -0.1) is 0 Å². The molecule has 0 atom stereocenters. The van der Waals surface area contributed by atoms with Crippen molar-refractivity contribution in [2.45, 2.75) is 12.8 Å². The van der Waals surface area contributed by atoms with Gasteiger partial charge in [-0.1, -0.05) is 5.16 Å². The number of rotatable bonds is 4. The first-order valence-electron chi connectivity index (χ1n) is 3.96. The van der Waals surface area contributed by atoms with E-state index >= 15 is 0 Å². The summed E-state index contributed by atoms with van der Waals surface area (Å²) in [4.78, 5) is 4.15. The third kappa shape index (κ3) is 3.18. The van der Waals surface area contributed by atoms with Crippen LogP contribution in [0.15, 0.2) is 21.9 Å². The summed E-state index contributed by atoms with van der Waals surface area (Å²) in [5.74, 6) is 0.770. The second-order valence-corrected chi connectivity index (χ2v) is 2.85. The highest BCUT2D eigenvalue weighted by Gasteiger charge is 2.19. The monoisotopic (exact) mass is 167 g/mol. The van der Waals surface area contributed by atoms with Gasteiger partial charge < -0.3 is 10.9 Å². The molecule has 12 heavy (non-hydrogen) atoms. The van der Waals surface area contributed by atoms with E-state index in [0.29, 0.717) is 5.57 Å². The van der Waals surface area contributed by atoms with E-state index in [-0.39, 0.29) is 0 Å². The second kappa shape index (κ2) is 4.54. The zero-order valence-corrected chi connectivity index (χ0v) is 6.85. The minimum atomic E-state index is 0.623. The van der Waals surface area contributed by atoms with Crippen LogP contribution in [0.2, 0.25) is 0 Å². The van der Waals surface area contributed by atoms with Crippen molar-refractivity contribution in [1.29, 1.82) is 0 Å². The van der Waals surface area contributed by atoms with E-state index in [4.69, 9.17) is 10.9 Å². The van der Waals surface area contributed by atoms with Crippen LogP contribution in [0, 0.1) is 5.92 Å². The van der Waals surface area contributed by atoms with E-state index < -0.39 is 0 Å². The van der Waals surface area contributed by atoms with E-state index in [1.807, 2.05) is 0 Å². The van der Waals surface area contributed by atoms with Gasteiger partial charge in [-0.3, -0.25) is 4.99 Å². The Hall–Kier alpha value is -1.32. The molecule has 0 radical (unpaired) electrons. The second-order valence-electron chi connectivity index (χ2n) is 2.85. The maximum atomic E-state index is 8.20. The Morgan fingerprint density at radius 3 is 2.75 bits per heavy atom. The van der Waals surface area contributed by atoms with Crippen LogP contribution in [0.4, 0.5) is 0 Å². The van der Waals surface area contributed by atoms with Gasteiger partial charge in [0.15, 0.2) is 0 Å². The molecule has 0 amide bonds. The summed E-state index contributed by atoms with van der Waals surface area (Å²) in [5.41, 5.74) is 5.86. The molecule has 4 nitrogen and oxygen atoms in total. The molecular weight excluding hydrogens is 154 g/mol. The topological polar surface area (TPSA) is 71.0 Å². The number of hydrogen-bond donors (Lipinski definition) is 2. The predicted octanol–water partition coefficient (Wildman–Crippen LogP) is 0.770. The van der Waals surface area contributed by atoms with Crippen LogP contribution in [-0.4, -0.2) is 24.2 Å². The number of aliphatic imine (C=N–C) groups is 1. The molecule has 66 valence electrons. The van der Waals surface area contributed by atoms with Crippen molar-refractivity contribution in [2.24, 2.45) is 21.8 Å². The summed E-state index contributed by atoms with van der Waals surface area (Å²) in [6.45, 7) is 0.858. The molecule has 1 aliphatic carbocycles. The van der Waals surface area contributed by atoms with Crippen molar-refractivity contribution in [3.63, 3.8) is 0 Å². The molecule has 1 rings (SSSR count). The molecule has 0 spiro atoms. The van der Waals surface area contributed by atoms with Crippen LogP contribution in [-0.2, 0) is 0 Å². The van der Waals surface area contributed by atoms with Gasteiger partial charge in [0.2, 0.25) is 0 Å². The molecule has 4 heteroatoms. The van der Waals surface area contributed by atoms with Crippen LogP contribution in [0.1, 0.15) is 12.8 Å². The summed E-state index contributed by atoms with van der Waals surface area (Å²) in [6.07, 6.45) is 6.81. The third-order valence-corrected chi connectivity index (χ3v) is 1.70. The Labute approximate surface area is 71.5 Å². The highest BCUT2D eigenvalue weighted by Crippen LogP contribution is 2.28. The van der Waals surface area contributed by atoms with Gasteiger partial charge >= 0.3 is 0 Å². The first kappa shape index (κ1) is 8.77. The van der Waals surface area contributed by atoms with Crippen molar-refractivity contribution in [3.8, 4) is 0 Å². The molecule has 1 saturated carbocycles. The normalized spacial score (nSPS) is 19.5. The molecule has 3 N–H and O–H groups in total. The summed E-state index contributed by atoms with van der Waals surface area (Å²) in [6, 6.07) is 0. The Kier molecular flexibility index (Phi) is 3.32. The molecule has 1 fully saturated rings. The highest BCUT2D eigenvalue weighted by molar-refractivity contribution is 6.03. The van der Waals surface area contributed by atoms with Crippen LogP contribution in [0.5, 0.6) is 0 Å². The third-order valence-electron chi connectivity index (χ3n) is 1.70. The van der Waals surface area contributed by atoms with Crippen molar-refractivity contribution >= 4 is 12.4 Å². The minimum Gasteiger partial charge on any atom is -0.411 e. The van der Waals surface area contributed by atoms with Gasteiger partial charge in [0.05, 0.1) is 6.21 Å². The first-order valence-corrected chi connectivity index (χ1v) is 3.96. The van der Waals surface area contributed by atoms with Gasteiger partial charge in [0, 0.05) is 24.5 Å². The molecule has 0 saturated heterocycles. The maximum Gasteiger partial charge on any atom is 0.0763 e. The molecule has 1 aliphatic rings. The maximum absolute atomic E-state index is 8.20. The van der Waals surface area contributed by atoms with Gasteiger partial charge in [0.1, 0.15) is 0 Å². The lowest BCUT2D eigenvalue weighted by atomic mass is 10.3. The lowest BCUT2D eigenvalue weighted by Crippen LogP contribution is -1.94. The largest absolute Gasteiger partial charge is 0.411 e. The Morgan fingerprint density at radius 2 is 2.25 bits per heavy atom. The van der Waals surface area contributed by atoms with Crippen LogP contribution in [0.25, 0.3) is 0 Å². The van der Waals surface area contributed by atoms with E-state index in [0.717, 1.165) is 12.5 Å².